The lowest BCUT2D eigenvalue weighted by Gasteiger charge is -2.27. The number of carboxylic acids is 1. The van der Waals surface area contributed by atoms with Crippen LogP contribution in [-0.4, -0.2) is 23.0 Å². The Balaban J connectivity index is 2.07. The van der Waals surface area contributed by atoms with Crippen molar-refractivity contribution >= 4 is 39.1 Å². The molecule has 1 fully saturated rings. The minimum Gasteiger partial charge on any atom is -0.480 e. The molecule has 0 aromatic carbocycles. The van der Waals surface area contributed by atoms with Crippen LogP contribution in [0.4, 0.5) is 0 Å². The summed E-state index contributed by atoms with van der Waals surface area (Å²) >= 11 is 4.71. The molecular weight excluding hydrogens is 342 g/mol. The predicted molar refractivity (Wildman–Crippen MR) is 82.2 cm³/mol. The van der Waals surface area contributed by atoms with Gasteiger partial charge in [0, 0.05) is 0 Å². The van der Waals surface area contributed by atoms with E-state index in [4.69, 9.17) is 0 Å². The maximum Gasteiger partial charge on any atom is 0.326 e. The summed E-state index contributed by atoms with van der Waals surface area (Å²) in [5.41, 5.74) is 0.990. The van der Waals surface area contributed by atoms with Crippen molar-refractivity contribution in [2.45, 2.75) is 45.1 Å². The second-order valence-corrected chi connectivity index (χ2v) is 7.62. The van der Waals surface area contributed by atoms with E-state index in [0.717, 1.165) is 41.5 Å². The summed E-state index contributed by atoms with van der Waals surface area (Å²) < 4.78 is 0.909. The van der Waals surface area contributed by atoms with Crippen LogP contribution in [0.2, 0.25) is 0 Å². The van der Waals surface area contributed by atoms with Crippen LogP contribution in [-0.2, 0) is 4.79 Å². The molecular formula is C14H18BrNO3S. The van der Waals surface area contributed by atoms with Crippen LogP contribution in [0, 0.1) is 12.8 Å². The molecule has 0 spiro atoms. The number of aliphatic carboxylic acids is 1. The van der Waals surface area contributed by atoms with Crippen molar-refractivity contribution in [3.63, 3.8) is 0 Å². The second kappa shape index (κ2) is 6.72. The summed E-state index contributed by atoms with van der Waals surface area (Å²) in [5.74, 6) is -1.17. The van der Waals surface area contributed by atoms with E-state index in [1.165, 1.54) is 11.3 Å². The lowest BCUT2D eigenvalue weighted by Crippen LogP contribution is -2.46. The molecule has 20 heavy (non-hydrogen) atoms. The molecule has 0 saturated heterocycles. The van der Waals surface area contributed by atoms with Crippen LogP contribution >= 0.6 is 27.3 Å². The molecule has 0 radical (unpaired) electrons. The van der Waals surface area contributed by atoms with E-state index >= 15 is 0 Å². The van der Waals surface area contributed by atoms with Gasteiger partial charge >= 0.3 is 5.97 Å². The monoisotopic (exact) mass is 359 g/mol. The van der Waals surface area contributed by atoms with Gasteiger partial charge in [0.15, 0.2) is 0 Å². The first-order valence-corrected chi connectivity index (χ1v) is 8.39. The fourth-order valence-corrected chi connectivity index (χ4v) is 4.07. The number of amides is 1. The zero-order valence-corrected chi connectivity index (χ0v) is 13.7. The molecule has 1 unspecified atom stereocenters. The third kappa shape index (κ3) is 3.61. The molecule has 0 aliphatic heterocycles. The minimum atomic E-state index is -0.933. The van der Waals surface area contributed by atoms with E-state index in [1.54, 1.807) is 6.07 Å². The Bertz CT molecular complexity index is 489. The third-order valence-electron chi connectivity index (χ3n) is 3.75. The maximum absolute atomic E-state index is 12.2. The Hall–Kier alpha value is -0.880. The molecule has 6 heteroatoms. The molecule has 1 amide bonds. The number of carbonyl (C=O) groups is 2. The van der Waals surface area contributed by atoms with Crippen LogP contribution in [0.5, 0.6) is 0 Å². The van der Waals surface area contributed by atoms with Gasteiger partial charge in [0.05, 0.1) is 8.66 Å². The molecule has 1 saturated carbocycles. The topological polar surface area (TPSA) is 66.4 Å². The Morgan fingerprint density at radius 3 is 2.55 bits per heavy atom. The second-order valence-electron chi connectivity index (χ2n) is 5.25. The number of aryl methyl sites for hydroxylation is 1. The van der Waals surface area contributed by atoms with Crippen LogP contribution in [0.25, 0.3) is 0 Å². The van der Waals surface area contributed by atoms with Crippen LogP contribution in [0.1, 0.15) is 47.3 Å². The quantitative estimate of drug-likeness (QED) is 0.863. The van der Waals surface area contributed by atoms with Crippen molar-refractivity contribution in [1.82, 2.24) is 5.32 Å². The van der Waals surface area contributed by atoms with E-state index in [1.807, 2.05) is 6.92 Å². The zero-order valence-electron chi connectivity index (χ0n) is 11.3. The highest BCUT2D eigenvalue weighted by Crippen LogP contribution is 2.29. The molecule has 0 bridgehead atoms. The Morgan fingerprint density at radius 1 is 1.40 bits per heavy atom. The van der Waals surface area contributed by atoms with Gasteiger partial charge in [0.1, 0.15) is 6.04 Å². The van der Waals surface area contributed by atoms with E-state index in [2.05, 4.69) is 21.2 Å². The number of halogens is 1. The fourth-order valence-electron chi connectivity index (χ4n) is 2.63. The number of thiophene rings is 1. The maximum atomic E-state index is 12.2. The summed E-state index contributed by atoms with van der Waals surface area (Å²) in [5, 5.41) is 12.1. The van der Waals surface area contributed by atoms with E-state index in [9.17, 15) is 14.7 Å². The van der Waals surface area contributed by atoms with Crippen LogP contribution < -0.4 is 5.32 Å². The summed E-state index contributed by atoms with van der Waals surface area (Å²) in [6.45, 7) is 1.91. The SMILES string of the molecule is Cc1cc(C(=O)NC(C(=O)O)C2CCCCC2)sc1Br. The number of nitrogens with one attached hydrogen (secondary N) is 1. The molecule has 1 atom stereocenters. The van der Waals surface area contributed by atoms with Gasteiger partial charge in [-0.1, -0.05) is 19.3 Å². The number of hydrogen-bond acceptors (Lipinski definition) is 3. The van der Waals surface area contributed by atoms with Crippen molar-refractivity contribution in [2.24, 2.45) is 5.92 Å². The Labute approximate surface area is 130 Å². The number of carboxylic acid groups (broad SMARTS) is 1. The average molecular weight is 360 g/mol. The standard InChI is InChI=1S/C14H18BrNO3S/c1-8-7-10(20-12(8)15)13(17)16-11(14(18)19)9-5-3-2-4-6-9/h7,9,11H,2-6H2,1H3,(H,16,17)(H,18,19). The molecule has 1 aliphatic carbocycles. The molecule has 1 heterocycles. The van der Waals surface area contributed by atoms with Gasteiger partial charge < -0.3 is 10.4 Å². The van der Waals surface area contributed by atoms with Crippen LogP contribution in [0.3, 0.4) is 0 Å². The van der Waals surface area contributed by atoms with E-state index < -0.39 is 12.0 Å². The predicted octanol–water partition coefficient (Wildman–Crippen LogP) is 3.58. The molecule has 2 N–H and O–H groups in total. The number of carbonyl (C=O) groups excluding carboxylic acids is 1. The van der Waals surface area contributed by atoms with Gasteiger partial charge in [0.2, 0.25) is 0 Å². The Morgan fingerprint density at radius 2 is 2.05 bits per heavy atom. The normalized spacial score (nSPS) is 17.7. The molecule has 4 nitrogen and oxygen atoms in total. The largest absolute Gasteiger partial charge is 0.480 e. The third-order valence-corrected chi connectivity index (χ3v) is 5.89. The molecule has 1 aromatic heterocycles. The first-order chi connectivity index (χ1) is 9.49. The van der Waals surface area contributed by atoms with E-state index in [-0.39, 0.29) is 11.8 Å². The van der Waals surface area contributed by atoms with Gasteiger partial charge in [-0.05, 0) is 53.2 Å². The van der Waals surface area contributed by atoms with E-state index in [0.29, 0.717) is 4.88 Å². The zero-order chi connectivity index (χ0) is 14.7. The first kappa shape index (κ1) is 15.5. The fraction of sp³-hybridized carbons (Fsp3) is 0.571. The highest BCUT2D eigenvalue weighted by atomic mass is 79.9. The van der Waals surface area contributed by atoms with Gasteiger partial charge in [-0.15, -0.1) is 11.3 Å². The number of rotatable bonds is 4. The van der Waals surface area contributed by atoms with Gasteiger partial charge in [-0.25, -0.2) is 4.79 Å². The highest BCUT2D eigenvalue weighted by Gasteiger charge is 2.31. The van der Waals surface area contributed by atoms with Gasteiger partial charge in [-0.2, -0.15) is 0 Å². The summed E-state index contributed by atoms with van der Waals surface area (Å²) in [6.07, 6.45) is 5.02. The molecule has 2 rings (SSSR count). The van der Waals surface area contributed by atoms with Crippen molar-refractivity contribution in [3.05, 3.63) is 20.3 Å². The minimum absolute atomic E-state index is 0.0506. The van der Waals surface area contributed by atoms with Gasteiger partial charge in [0.25, 0.3) is 5.91 Å². The average Bonchev–Trinajstić information content (AvgIpc) is 2.76. The summed E-state index contributed by atoms with van der Waals surface area (Å²) in [7, 11) is 0. The lowest BCUT2D eigenvalue weighted by atomic mass is 9.84. The highest BCUT2D eigenvalue weighted by molar-refractivity contribution is 9.11. The smallest absolute Gasteiger partial charge is 0.326 e. The lowest BCUT2D eigenvalue weighted by molar-refractivity contribution is -0.141. The van der Waals surface area contributed by atoms with Crippen molar-refractivity contribution in [3.8, 4) is 0 Å². The summed E-state index contributed by atoms with van der Waals surface area (Å²) in [6, 6.07) is 1.01. The van der Waals surface area contributed by atoms with Crippen molar-refractivity contribution in [2.75, 3.05) is 0 Å². The molecule has 1 aliphatic rings. The molecule has 1 aromatic rings. The molecule has 110 valence electrons. The van der Waals surface area contributed by atoms with Crippen molar-refractivity contribution in [1.29, 1.82) is 0 Å². The van der Waals surface area contributed by atoms with Crippen molar-refractivity contribution < 1.29 is 14.7 Å². The van der Waals surface area contributed by atoms with Gasteiger partial charge in [-0.3, -0.25) is 4.79 Å². The Kier molecular flexibility index (Phi) is 5.21. The summed E-state index contributed by atoms with van der Waals surface area (Å²) in [4.78, 5) is 24.2. The first-order valence-electron chi connectivity index (χ1n) is 6.78. The van der Waals surface area contributed by atoms with Crippen LogP contribution in [0.15, 0.2) is 9.85 Å². The number of hydrogen-bond donors (Lipinski definition) is 2.